The SMILES string of the molecule is C=C(OCCOC(COCC(CC)CCCC)COc1ccccc1)C(=N)C(C)O. The highest BCUT2D eigenvalue weighted by molar-refractivity contribution is 5.98. The van der Waals surface area contributed by atoms with Gasteiger partial charge in [-0.3, -0.25) is 5.41 Å². The van der Waals surface area contributed by atoms with E-state index in [1.165, 1.54) is 26.2 Å². The van der Waals surface area contributed by atoms with Gasteiger partial charge in [0.15, 0.2) is 0 Å². The Hall–Kier alpha value is -1.89. The van der Waals surface area contributed by atoms with Gasteiger partial charge >= 0.3 is 0 Å². The lowest BCUT2D eigenvalue weighted by atomic mass is 10.0. The van der Waals surface area contributed by atoms with Crippen LogP contribution in [0.25, 0.3) is 0 Å². The molecule has 0 saturated heterocycles. The Bertz CT molecular complexity index is 591. The monoisotopic (exact) mass is 421 g/mol. The van der Waals surface area contributed by atoms with Crippen LogP contribution in [0, 0.1) is 11.3 Å². The van der Waals surface area contributed by atoms with Crippen molar-refractivity contribution in [2.75, 3.05) is 33.0 Å². The minimum Gasteiger partial charge on any atom is -0.491 e. The molecule has 0 amide bonds. The number of rotatable bonds is 18. The maximum absolute atomic E-state index is 9.40. The molecule has 1 aromatic rings. The molecule has 3 atom stereocenters. The molecule has 0 aliphatic rings. The van der Waals surface area contributed by atoms with Crippen LogP contribution in [0.3, 0.4) is 0 Å². The molecule has 170 valence electrons. The molecule has 6 heteroatoms. The van der Waals surface area contributed by atoms with Crippen molar-refractivity contribution < 1.29 is 24.1 Å². The van der Waals surface area contributed by atoms with Crippen LogP contribution in [-0.4, -0.2) is 56.1 Å². The summed E-state index contributed by atoms with van der Waals surface area (Å²) in [7, 11) is 0. The lowest BCUT2D eigenvalue weighted by Gasteiger charge is -2.21. The molecule has 0 radical (unpaired) electrons. The standard InChI is InChI=1S/C24H39NO5/c1-5-7-11-21(6-2)16-27-17-23(18-30-22-12-9-8-10-13-22)29-15-14-28-20(4)24(25)19(3)26/h8-10,12-13,19,21,23,25-26H,4-7,11,14-18H2,1-3H3. The summed E-state index contributed by atoms with van der Waals surface area (Å²) in [4.78, 5) is 0. The summed E-state index contributed by atoms with van der Waals surface area (Å²) in [5.74, 6) is 1.51. The topological polar surface area (TPSA) is 81.0 Å². The fourth-order valence-electron chi connectivity index (χ4n) is 2.80. The number of hydrogen-bond donors (Lipinski definition) is 2. The fourth-order valence-corrected chi connectivity index (χ4v) is 2.80. The van der Waals surface area contributed by atoms with E-state index < -0.39 is 6.10 Å². The van der Waals surface area contributed by atoms with Crippen LogP contribution >= 0.6 is 0 Å². The van der Waals surface area contributed by atoms with Crippen LogP contribution in [0.5, 0.6) is 5.75 Å². The largest absolute Gasteiger partial charge is 0.491 e. The summed E-state index contributed by atoms with van der Waals surface area (Å²) in [5, 5.41) is 17.1. The number of unbranched alkanes of at least 4 members (excludes halogenated alkanes) is 1. The second kappa shape index (κ2) is 15.9. The van der Waals surface area contributed by atoms with Crippen molar-refractivity contribution in [2.45, 2.75) is 58.7 Å². The molecule has 1 rings (SSSR count). The molecule has 0 heterocycles. The molecule has 0 aliphatic carbocycles. The highest BCUT2D eigenvalue weighted by Crippen LogP contribution is 2.14. The maximum Gasteiger partial charge on any atom is 0.135 e. The molecule has 0 aromatic heterocycles. The molecule has 0 spiro atoms. The quantitative estimate of drug-likeness (QED) is 0.205. The zero-order valence-corrected chi connectivity index (χ0v) is 18.8. The van der Waals surface area contributed by atoms with E-state index in [2.05, 4.69) is 20.4 Å². The van der Waals surface area contributed by atoms with Gasteiger partial charge in [0, 0.05) is 6.61 Å². The third-order valence-corrected chi connectivity index (χ3v) is 4.81. The third kappa shape index (κ3) is 11.3. The molecule has 1 aromatic carbocycles. The summed E-state index contributed by atoms with van der Waals surface area (Å²) in [6, 6.07) is 9.62. The van der Waals surface area contributed by atoms with Crippen molar-refractivity contribution in [2.24, 2.45) is 5.92 Å². The first-order valence-corrected chi connectivity index (χ1v) is 10.9. The van der Waals surface area contributed by atoms with Gasteiger partial charge in [-0.1, -0.05) is 57.9 Å². The number of nitrogens with one attached hydrogen (secondary N) is 1. The summed E-state index contributed by atoms with van der Waals surface area (Å²) >= 11 is 0. The molecule has 0 fully saturated rings. The lowest BCUT2D eigenvalue weighted by molar-refractivity contribution is -0.0544. The average molecular weight is 422 g/mol. The zero-order chi connectivity index (χ0) is 22.2. The van der Waals surface area contributed by atoms with Gasteiger partial charge in [0.25, 0.3) is 0 Å². The predicted molar refractivity (Wildman–Crippen MR) is 120 cm³/mol. The molecule has 2 N–H and O–H groups in total. The van der Waals surface area contributed by atoms with E-state index in [0.717, 1.165) is 18.8 Å². The average Bonchev–Trinajstić information content (AvgIpc) is 2.76. The Kier molecular flexibility index (Phi) is 13.8. The molecule has 0 bridgehead atoms. The van der Waals surface area contributed by atoms with Gasteiger partial charge in [-0.15, -0.1) is 0 Å². The molecule has 30 heavy (non-hydrogen) atoms. The molecular weight excluding hydrogens is 382 g/mol. The highest BCUT2D eigenvalue weighted by Gasteiger charge is 2.14. The molecule has 0 saturated carbocycles. The van der Waals surface area contributed by atoms with Crippen molar-refractivity contribution >= 4 is 5.71 Å². The molecule has 6 nitrogen and oxygen atoms in total. The minimum atomic E-state index is -0.905. The third-order valence-electron chi connectivity index (χ3n) is 4.81. The normalized spacial score (nSPS) is 14.0. The second-order valence-electron chi connectivity index (χ2n) is 7.43. The highest BCUT2D eigenvalue weighted by atomic mass is 16.6. The lowest BCUT2D eigenvalue weighted by Crippen LogP contribution is -2.30. The van der Waals surface area contributed by atoms with Gasteiger partial charge in [-0.2, -0.15) is 0 Å². The fraction of sp³-hybridized carbons (Fsp3) is 0.625. The smallest absolute Gasteiger partial charge is 0.135 e. The summed E-state index contributed by atoms with van der Waals surface area (Å²) in [5.41, 5.74) is -0.0278. The predicted octanol–water partition coefficient (Wildman–Crippen LogP) is 4.61. The van der Waals surface area contributed by atoms with Crippen LogP contribution in [0.4, 0.5) is 0 Å². The van der Waals surface area contributed by atoms with E-state index in [-0.39, 0.29) is 24.2 Å². The summed E-state index contributed by atoms with van der Waals surface area (Å²) in [6.45, 7) is 11.7. The van der Waals surface area contributed by atoms with Gasteiger partial charge in [-0.05, 0) is 31.4 Å². The minimum absolute atomic E-state index is 0.0278. The Morgan fingerprint density at radius 1 is 1.10 bits per heavy atom. The van der Waals surface area contributed by atoms with Crippen molar-refractivity contribution in [1.29, 1.82) is 5.41 Å². The van der Waals surface area contributed by atoms with Crippen LogP contribution < -0.4 is 4.74 Å². The molecule has 0 aliphatic heterocycles. The van der Waals surface area contributed by atoms with Crippen molar-refractivity contribution in [1.82, 2.24) is 0 Å². The van der Waals surface area contributed by atoms with Gasteiger partial charge in [-0.25, -0.2) is 0 Å². The van der Waals surface area contributed by atoms with E-state index in [9.17, 15) is 5.11 Å². The second-order valence-corrected chi connectivity index (χ2v) is 7.43. The zero-order valence-electron chi connectivity index (χ0n) is 18.8. The van der Waals surface area contributed by atoms with E-state index in [1.54, 1.807) is 0 Å². The van der Waals surface area contributed by atoms with Gasteiger partial charge in [0.2, 0.25) is 0 Å². The van der Waals surface area contributed by atoms with Crippen molar-refractivity contribution in [3.05, 3.63) is 42.7 Å². The van der Waals surface area contributed by atoms with Gasteiger partial charge < -0.3 is 24.1 Å². The summed E-state index contributed by atoms with van der Waals surface area (Å²) < 4.78 is 23.1. The van der Waals surface area contributed by atoms with Crippen LogP contribution in [0.15, 0.2) is 42.7 Å². The van der Waals surface area contributed by atoms with Gasteiger partial charge in [0.1, 0.15) is 36.5 Å². The van der Waals surface area contributed by atoms with E-state index in [1.807, 2.05) is 30.3 Å². The summed E-state index contributed by atoms with van der Waals surface area (Å²) in [6.07, 6.45) is 3.58. The number of aliphatic hydroxyl groups excluding tert-OH is 1. The van der Waals surface area contributed by atoms with Crippen LogP contribution in [-0.2, 0) is 14.2 Å². The number of aliphatic hydroxyl groups is 1. The van der Waals surface area contributed by atoms with E-state index in [4.69, 9.17) is 24.4 Å². The van der Waals surface area contributed by atoms with Crippen molar-refractivity contribution in [3.63, 3.8) is 0 Å². The first-order valence-electron chi connectivity index (χ1n) is 10.9. The first kappa shape index (κ1) is 26.1. The Morgan fingerprint density at radius 2 is 1.83 bits per heavy atom. The number of ether oxygens (including phenoxy) is 4. The molecular formula is C24H39NO5. The Balaban J connectivity index is 2.45. The first-order chi connectivity index (χ1) is 14.5. The van der Waals surface area contributed by atoms with Crippen LogP contribution in [0.2, 0.25) is 0 Å². The Morgan fingerprint density at radius 3 is 2.47 bits per heavy atom. The van der Waals surface area contributed by atoms with E-state index in [0.29, 0.717) is 25.7 Å². The van der Waals surface area contributed by atoms with Gasteiger partial charge in [0.05, 0.1) is 19.3 Å². The molecule has 3 unspecified atom stereocenters. The maximum atomic E-state index is 9.40. The van der Waals surface area contributed by atoms with Crippen LogP contribution in [0.1, 0.15) is 46.5 Å². The number of benzene rings is 1. The van der Waals surface area contributed by atoms with E-state index >= 15 is 0 Å². The number of para-hydroxylation sites is 1. The number of hydrogen-bond acceptors (Lipinski definition) is 6. The van der Waals surface area contributed by atoms with Crippen molar-refractivity contribution in [3.8, 4) is 5.75 Å². The Labute approximate surface area is 181 Å².